The monoisotopic (exact) mass is 415 g/mol. The zero-order valence-corrected chi connectivity index (χ0v) is 15.1. The highest BCUT2D eigenvalue weighted by Gasteiger charge is 2.31. The SMILES string of the molecule is CCN(COC(=O)c1ccccc1)Cc1cc(C(F)(F)F)ccc1Br. The van der Waals surface area contributed by atoms with Crippen LogP contribution in [0.25, 0.3) is 0 Å². The minimum Gasteiger partial charge on any atom is -0.446 e. The Morgan fingerprint density at radius 2 is 1.84 bits per heavy atom. The fraction of sp³-hybridized carbons (Fsp3) is 0.278. The number of esters is 1. The van der Waals surface area contributed by atoms with Gasteiger partial charge >= 0.3 is 12.1 Å². The summed E-state index contributed by atoms with van der Waals surface area (Å²) in [4.78, 5) is 13.7. The Bertz CT molecular complexity index is 720. The quantitative estimate of drug-likeness (QED) is 0.485. The second kappa shape index (κ2) is 8.49. The second-order valence-corrected chi connectivity index (χ2v) is 6.23. The molecule has 0 radical (unpaired) electrons. The molecule has 2 aromatic carbocycles. The van der Waals surface area contributed by atoms with Crippen molar-refractivity contribution in [3.8, 4) is 0 Å². The number of halogens is 4. The number of rotatable bonds is 6. The molecule has 0 N–H and O–H groups in total. The van der Waals surface area contributed by atoms with Gasteiger partial charge in [-0.15, -0.1) is 0 Å². The van der Waals surface area contributed by atoms with Crippen LogP contribution in [-0.4, -0.2) is 24.1 Å². The maximum Gasteiger partial charge on any atom is 0.416 e. The van der Waals surface area contributed by atoms with E-state index in [9.17, 15) is 18.0 Å². The van der Waals surface area contributed by atoms with E-state index < -0.39 is 17.7 Å². The third kappa shape index (κ3) is 5.57. The Morgan fingerprint density at radius 3 is 2.44 bits per heavy atom. The van der Waals surface area contributed by atoms with Gasteiger partial charge in [0, 0.05) is 11.0 Å². The first kappa shape index (κ1) is 19.5. The van der Waals surface area contributed by atoms with Crippen molar-refractivity contribution in [1.82, 2.24) is 4.90 Å². The van der Waals surface area contributed by atoms with E-state index >= 15 is 0 Å². The van der Waals surface area contributed by atoms with Gasteiger partial charge in [-0.2, -0.15) is 13.2 Å². The van der Waals surface area contributed by atoms with Gasteiger partial charge in [0.1, 0.15) is 6.73 Å². The summed E-state index contributed by atoms with van der Waals surface area (Å²) < 4.78 is 44.4. The normalized spacial score (nSPS) is 11.6. The lowest BCUT2D eigenvalue weighted by molar-refractivity contribution is -0.137. The van der Waals surface area contributed by atoms with Crippen molar-refractivity contribution in [3.63, 3.8) is 0 Å². The molecule has 2 aromatic rings. The van der Waals surface area contributed by atoms with Crippen LogP contribution < -0.4 is 0 Å². The van der Waals surface area contributed by atoms with E-state index in [-0.39, 0.29) is 13.3 Å². The predicted molar refractivity (Wildman–Crippen MR) is 92.0 cm³/mol. The van der Waals surface area contributed by atoms with Crippen LogP contribution in [0.15, 0.2) is 53.0 Å². The minimum absolute atomic E-state index is 0.00703. The number of alkyl halides is 3. The maximum absolute atomic E-state index is 12.9. The molecule has 0 unspecified atom stereocenters. The molecular formula is C18H17BrF3NO2. The molecule has 0 saturated heterocycles. The Kier molecular flexibility index (Phi) is 6.61. The summed E-state index contributed by atoms with van der Waals surface area (Å²) in [6, 6.07) is 12.0. The fourth-order valence-electron chi connectivity index (χ4n) is 2.17. The second-order valence-electron chi connectivity index (χ2n) is 5.38. The lowest BCUT2D eigenvalue weighted by Gasteiger charge is -2.21. The molecule has 0 aliphatic rings. The van der Waals surface area contributed by atoms with Crippen molar-refractivity contribution < 1.29 is 22.7 Å². The van der Waals surface area contributed by atoms with Crippen LogP contribution in [0, 0.1) is 0 Å². The fourth-order valence-corrected chi connectivity index (χ4v) is 2.54. The summed E-state index contributed by atoms with van der Waals surface area (Å²) in [7, 11) is 0. The van der Waals surface area contributed by atoms with Crippen LogP contribution in [0.1, 0.15) is 28.4 Å². The molecular weight excluding hydrogens is 399 g/mol. The molecule has 3 nitrogen and oxygen atoms in total. The highest BCUT2D eigenvalue weighted by molar-refractivity contribution is 9.10. The Morgan fingerprint density at radius 1 is 1.16 bits per heavy atom. The van der Waals surface area contributed by atoms with E-state index in [4.69, 9.17) is 4.74 Å². The molecule has 2 rings (SSSR count). The molecule has 25 heavy (non-hydrogen) atoms. The molecule has 0 aliphatic carbocycles. The maximum atomic E-state index is 12.9. The highest BCUT2D eigenvalue weighted by Crippen LogP contribution is 2.32. The number of carbonyl (C=O) groups is 1. The Labute approximate surface area is 152 Å². The molecule has 0 aliphatic heterocycles. The third-order valence-electron chi connectivity index (χ3n) is 3.60. The molecule has 0 aromatic heterocycles. The van der Waals surface area contributed by atoms with E-state index in [1.165, 1.54) is 6.07 Å². The molecule has 0 atom stereocenters. The van der Waals surface area contributed by atoms with Crippen molar-refractivity contribution in [2.45, 2.75) is 19.6 Å². The zero-order chi connectivity index (χ0) is 18.4. The van der Waals surface area contributed by atoms with Crippen LogP contribution in [0.4, 0.5) is 13.2 Å². The lowest BCUT2D eigenvalue weighted by Crippen LogP contribution is -2.28. The van der Waals surface area contributed by atoms with Crippen molar-refractivity contribution in [1.29, 1.82) is 0 Å². The van der Waals surface area contributed by atoms with Gasteiger partial charge in [0.2, 0.25) is 0 Å². The molecule has 0 spiro atoms. The minimum atomic E-state index is -4.40. The summed E-state index contributed by atoms with van der Waals surface area (Å²) in [6.07, 6.45) is -4.40. The van der Waals surface area contributed by atoms with Crippen molar-refractivity contribution >= 4 is 21.9 Å². The lowest BCUT2D eigenvalue weighted by atomic mass is 10.1. The average molecular weight is 416 g/mol. The standard InChI is InChI=1S/C18H17BrF3NO2/c1-2-23(12-25-17(24)13-6-4-3-5-7-13)11-14-10-15(18(20,21)22)8-9-16(14)19/h3-10H,2,11-12H2,1H3. The van der Waals surface area contributed by atoms with Gasteiger partial charge < -0.3 is 4.74 Å². The summed E-state index contributed by atoms with van der Waals surface area (Å²) in [5.74, 6) is -0.470. The van der Waals surface area contributed by atoms with Gasteiger partial charge in [-0.3, -0.25) is 4.90 Å². The van der Waals surface area contributed by atoms with Gasteiger partial charge in [0.05, 0.1) is 11.1 Å². The van der Waals surface area contributed by atoms with Gasteiger partial charge in [0.25, 0.3) is 0 Å². The van der Waals surface area contributed by atoms with E-state index in [1.807, 2.05) is 6.92 Å². The zero-order valence-electron chi connectivity index (χ0n) is 13.5. The summed E-state index contributed by atoms with van der Waals surface area (Å²) in [5.41, 5.74) is 0.203. The van der Waals surface area contributed by atoms with Crippen LogP contribution in [0.2, 0.25) is 0 Å². The molecule has 7 heteroatoms. The molecule has 134 valence electrons. The molecule has 0 saturated carbocycles. The smallest absolute Gasteiger partial charge is 0.416 e. The largest absolute Gasteiger partial charge is 0.446 e. The average Bonchev–Trinajstić information content (AvgIpc) is 2.59. The number of carbonyl (C=O) groups excluding carboxylic acids is 1. The van der Waals surface area contributed by atoms with Crippen LogP contribution in [0.5, 0.6) is 0 Å². The number of hydrogen-bond acceptors (Lipinski definition) is 3. The third-order valence-corrected chi connectivity index (χ3v) is 4.38. The van der Waals surface area contributed by atoms with E-state index in [2.05, 4.69) is 15.9 Å². The first-order chi connectivity index (χ1) is 11.8. The van der Waals surface area contributed by atoms with Crippen molar-refractivity contribution in [3.05, 3.63) is 69.7 Å². The topological polar surface area (TPSA) is 29.5 Å². The van der Waals surface area contributed by atoms with Crippen molar-refractivity contribution in [2.24, 2.45) is 0 Å². The molecule has 0 fully saturated rings. The predicted octanol–water partition coefficient (Wildman–Crippen LogP) is 5.10. The first-order valence-corrected chi connectivity index (χ1v) is 8.40. The molecule has 0 amide bonds. The van der Waals surface area contributed by atoms with E-state index in [0.717, 1.165) is 12.1 Å². The Balaban J connectivity index is 2.03. The summed E-state index contributed by atoms with van der Waals surface area (Å²) in [5, 5.41) is 0. The number of hydrogen-bond donors (Lipinski definition) is 0. The molecule has 0 heterocycles. The van der Waals surface area contributed by atoms with Gasteiger partial charge in [-0.05, 0) is 42.4 Å². The van der Waals surface area contributed by atoms with Gasteiger partial charge in [0.15, 0.2) is 0 Å². The Hall–Kier alpha value is -1.86. The summed E-state index contributed by atoms with van der Waals surface area (Å²) >= 11 is 3.27. The first-order valence-electron chi connectivity index (χ1n) is 7.61. The van der Waals surface area contributed by atoms with Crippen molar-refractivity contribution in [2.75, 3.05) is 13.3 Å². The highest BCUT2D eigenvalue weighted by atomic mass is 79.9. The molecule has 0 bridgehead atoms. The van der Waals surface area contributed by atoms with Crippen LogP contribution in [0.3, 0.4) is 0 Å². The van der Waals surface area contributed by atoms with Crippen LogP contribution >= 0.6 is 15.9 Å². The van der Waals surface area contributed by atoms with Gasteiger partial charge in [-0.25, -0.2) is 4.79 Å². The van der Waals surface area contributed by atoms with E-state index in [0.29, 0.717) is 22.1 Å². The van der Waals surface area contributed by atoms with E-state index in [1.54, 1.807) is 35.2 Å². The number of nitrogens with zero attached hydrogens (tertiary/aromatic N) is 1. The summed E-state index contributed by atoms with van der Waals surface area (Å²) in [6.45, 7) is 2.58. The van der Waals surface area contributed by atoms with Gasteiger partial charge in [-0.1, -0.05) is 41.1 Å². The van der Waals surface area contributed by atoms with Crippen LogP contribution in [-0.2, 0) is 17.5 Å². The number of benzene rings is 2. The number of ether oxygens (including phenoxy) is 1.